The maximum Gasteiger partial charge on any atom is 0.319 e. The molecule has 1 rings (SSSR count). The van der Waals surface area contributed by atoms with Gasteiger partial charge in [0.1, 0.15) is 0 Å². The zero-order valence-electron chi connectivity index (χ0n) is 15.0. The molecule has 0 radical (unpaired) electrons. The molecule has 25 heavy (non-hydrogen) atoms. The lowest BCUT2D eigenvalue weighted by Crippen LogP contribution is -2.36. The molecule has 0 heterocycles. The average Bonchev–Trinajstić information content (AvgIpc) is 2.50. The Morgan fingerprint density at radius 1 is 1.24 bits per heavy atom. The first-order valence-corrected chi connectivity index (χ1v) is 10.2. The van der Waals surface area contributed by atoms with Crippen molar-refractivity contribution >= 4 is 40.0 Å². The Morgan fingerprint density at radius 2 is 1.92 bits per heavy atom. The number of nitrogens with one attached hydrogen (secondary N) is 3. The summed E-state index contributed by atoms with van der Waals surface area (Å²) in [5, 5.41) is 8.51. The van der Waals surface area contributed by atoms with E-state index in [0.29, 0.717) is 35.9 Å². The van der Waals surface area contributed by atoms with Crippen molar-refractivity contribution in [2.75, 3.05) is 23.9 Å². The second kappa shape index (κ2) is 10.4. The fourth-order valence-electron chi connectivity index (χ4n) is 1.97. The number of benzene rings is 1. The van der Waals surface area contributed by atoms with Gasteiger partial charge < -0.3 is 16.0 Å². The van der Waals surface area contributed by atoms with E-state index in [2.05, 4.69) is 16.0 Å². The van der Waals surface area contributed by atoms with Gasteiger partial charge in [0.2, 0.25) is 0 Å². The zero-order valence-corrected chi connectivity index (χ0v) is 16.6. The fraction of sp³-hybridized carbons (Fsp3) is 0.529. The lowest BCUT2D eigenvalue weighted by Gasteiger charge is -2.15. The Balaban J connectivity index is 2.60. The molecule has 0 bridgehead atoms. The van der Waals surface area contributed by atoms with Gasteiger partial charge in [-0.25, -0.2) is 4.79 Å². The zero-order chi connectivity index (χ0) is 19.0. The molecule has 140 valence electrons. The van der Waals surface area contributed by atoms with Crippen molar-refractivity contribution in [2.45, 2.75) is 33.2 Å². The van der Waals surface area contributed by atoms with Gasteiger partial charge in [0, 0.05) is 41.1 Å². The third kappa shape index (κ3) is 8.36. The number of carbonyl (C=O) groups is 2. The van der Waals surface area contributed by atoms with Gasteiger partial charge >= 0.3 is 6.03 Å². The van der Waals surface area contributed by atoms with E-state index in [1.165, 1.54) is 6.07 Å². The fourth-order valence-corrected chi connectivity index (χ4v) is 2.93. The molecule has 0 aliphatic heterocycles. The van der Waals surface area contributed by atoms with Crippen LogP contribution < -0.4 is 16.0 Å². The largest absolute Gasteiger partial charge is 0.352 e. The highest BCUT2D eigenvalue weighted by atomic mass is 35.5. The first kappa shape index (κ1) is 21.4. The van der Waals surface area contributed by atoms with Crippen molar-refractivity contribution in [1.29, 1.82) is 0 Å². The lowest BCUT2D eigenvalue weighted by atomic mass is 10.1. The van der Waals surface area contributed by atoms with Gasteiger partial charge in [-0.3, -0.25) is 9.00 Å². The molecule has 0 unspecified atom stereocenters. The van der Waals surface area contributed by atoms with E-state index in [1.807, 2.05) is 20.8 Å². The number of amides is 3. The SMILES string of the molecule is CC(C)CNC(=O)c1ccc(NC(=O)N[C@H](C)CC[S@@](C)=O)cc1Cl. The summed E-state index contributed by atoms with van der Waals surface area (Å²) in [6.07, 6.45) is 2.26. The van der Waals surface area contributed by atoms with Gasteiger partial charge in [-0.05, 0) is 37.5 Å². The number of rotatable bonds is 8. The summed E-state index contributed by atoms with van der Waals surface area (Å²) in [5.74, 6) is 0.642. The summed E-state index contributed by atoms with van der Waals surface area (Å²) >= 11 is 6.15. The predicted molar refractivity (Wildman–Crippen MR) is 104 cm³/mol. The number of urea groups is 1. The first-order valence-electron chi connectivity index (χ1n) is 8.14. The van der Waals surface area contributed by atoms with Crippen LogP contribution in [-0.4, -0.2) is 40.7 Å². The van der Waals surface area contributed by atoms with Gasteiger partial charge in [-0.1, -0.05) is 25.4 Å². The summed E-state index contributed by atoms with van der Waals surface area (Å²) in [4.78, 5) is 24.0. The van der Waals surface area contributed by atoms with E-state index in [4.69, 9.17) is 11.6 Å². The van der Waals surface area contributed by atoms with Crippen LogP contribution in [0.4, 0.5) is 10.5 Å². The van der Waals surface area contributed by atoms with Gasteiger partial charge in [-0.2, -0.15) is 0 Å². The maximum absolute atomic E-state index is 12.1. The number of anilines is 1. The van der Waals surface area contributed by atoms with Gasteiger partial charge in [0.05, 0.1) is 10.6 Å². The average molecular weight is 388 g/mol. The van der Waals surface area contributed by atoms with Gasteiger partial charge in [0.15, 0.2) is 0 Å². The Bertz CT molecular complexity index is 638. The van der Waals surface area contributed by atoms with E-state index in [0.717, 1.165) is 0 Å². The van der Waals surface area contributed by atoms with Crippen LogP contribution in [0.1, 0.15) is 37.6 Å². The molecule has 0 fully saturated rings. The molecule has 2 atom stereocenters. The Morgan fingerprint density at radius 3 is 2.48 bits per heavy atom. The van der Waals surface area contributed by atoms with Crippen LogP contribution in [0.15, 0.2) is 18.2 Å². The second-order valence-corrected chi connectivity index (χ2v) is 8.33. The van der Waals surface area contributed by atoms with Crippen LogP contribution in [-0.2, 0) is 10.8 Å². The third-order valence-electron chi connectivity index (χ3n) is 3.36. The number of hydrogen-bond acceptors (Lipinski definition) is 3. The van der Waals surface area contributed by atoms with E-state index in [-0.39, 0.29) is 23.0 Å². The molecule has 0 aliphatic rings. The standard InChI is InChI=1S/C17H26ClN3O3S/c1-11(2)10-19-16(22)14-6-5-13(9-15(14)18)21-17(23)20-12(3)7-8-25(4)24/h5-6,9,11-12H,7-8,10H2,1-4H3,(H,19,22)(H2,20,21,23)/t12-,25-/m1/s1. The second-order valence-electron chi connectivity index (χ2n) is 6.36. The molecule has 1 aromatic rings. The summed E-state index contributed by atoms with van der Waals surface area (Å²) in [6, 6.07) is 4.28. The molecule has 0 saturated carbocycles. The normalized spacial score (nSPS) is 13.2. The first-order chi connectivity index (χ1) is 11.7. The van der Waals surface area contributed by atoms with Crippen LogP contribution in [0.25, 0.3) is 0 Å². The van der Waals surface area contributed by atoms with Crippen LogP contribution in [0.2, 0.25) is 5.02 Å². The summed E-state index contributed by atoms with van der Waals surface area (Å²) in [7, 11) is -0.881. The van der Waals surface area contributed by atoms with Crippen LogP contribution in [0.5, 0.6) is 0 Å². The van der Waals surface area contributed by atoms with E-state index >= 15 is 0 Å². The number of carbonyl (C=O) groups excluding carboxylic acids is 2. The van der Waals surface area contributed by atoms with Gasteiger partial charge in [0.25, 0.3) is 5.91 Å². The Kier molecular flexibility index (Phi) is 8.92. The quantitative estimate of drug-likeness (QED) is 0.640. The maximum atomic E-state index is 12.1. The Hall–Kier alpha value is -1.60. The number of halogens is 1. The van der Waals surface area contributed by atoms with Crippen molar-refractivity contribution in [3.05, 3.63) is 28.8 Å². The van der Waals surface area contributed by atoms with Crippen LogP contribution in [0, 0.1) is 5.92 Å². The smallest absolute Gasteiger partial charge is 0.319 e. The highest BCUT2D eigenvalue weighted by Crippen LogP contribution is 2.21. The molecule has 0 aromatic heterocycles. The molecule has 0 spiro atoms. The van der Waals surface area contributed by atoms with Crippen molar-refractivity contribution in [2.24, 2.45) is 5.92 Å². The highest BCUT2D eigenvalue weighted by molar-refractivity contribution is 7.84. The van der Waals surface area contributed by atoms with E-state index < -0.39 is 10.8 Å². The van der Waals surface area contributed by atoms with E-state index in [1.54, 1.807) is 18.4 Å². The molecule has 8 heteroatoms. The van der Waals surface area contributed by atoms with Gasteiger partial charge in [-0.15, -0.1) is 0 Å². The molecule has 6 nitrogen and oxygen atoms in total. The van der Waals surface area contributed by atoms with Crippen molar-refractivity contribution in [3.63, 3.8) is 0 Å². The van der Waals surface area contributed by atoms with E-state index in [9.17, 15) is 13.8 Å². The summed E-state index contributed by atoms with van der Waals surface area (Å²) in [6.45, 7) is 6.43. The molecular formula is C17H26ClN3O3S. The van der Waals surface area contributed by atoms with Crippen molar-refractivity contribution < 1.29 is 13.8 Å². The third-order valence-corrected chi connectivity index (χ3v) is 4.48. The lowest BCUT2D eigenvalue weighted by molar-refractivity contribution is 0.0949. The summed E-state index contributed by atoms with van der Waals surface area (Å²) < 4.78 is 11.1. The summed E-state index contributed by atoms with van der Waals surface area (Å²) in [5.41, 5.74) is 0.862. The van der Waals surface area contributed by atoms with Crippen LogP contribution in [0.3, 0.4) is 0 Å². The van der Waals surface area contributed by atoms with Crippen LogP contribution >= 0.6 is 11.6 Å². The topological polar surface area (TPSA) is 87.3 Å². The minimum absolute atomic E-state index is 0.0968. The predicted octanol–water partition coefficient (Wildman–Crippen LogP) is 3.00. The molecule has 3 amide bonds. The molecule has 3 N–H and O–H groups in total. The number of hydrogen-bond donors (Lipinski definition) is 3. The minimum atomic E-state index is -0.881. The van der Waals surface area contributed by atoms with Crippen molar-refractivity contribution in [1.82, 2.24) is 10.6 Å². The monoisotopic (exact) mass is 387 g/mol. The van der Waals surface area contributed by atoms with Crippen molar-refractivity contribution in [3.8, 4) is 0 Å². The molecule has 1 aromatic carbocycles. The highest BCUT2D eigenvalue weighted by Gasteiger charge is 2.13. The molecule has 0 aliphatic carbocycles. The molecule has 0 saturated heterocycles. The minimum Gasteiger partial charge on any atom is -0.352 e. The molecular weight excluding hydrogens is 362 g/mol. The Labute approximate surface area is 156 Å².